The molecule has 0 bridgehead atoms. The van der Waals surface area contributed by atoms with E-state index in [1.807, 2.05) is 27.0 Å². The summed E-state index contributed by atoms with van der Waals surface area (Å²) >= 11 is 3.21. The van der Waals surface area contributed by atoms with Crippen molar-refractivity contribution in [3.8, 4) is 0 Å². The van der Waals surface area contributed by atoms with Crippen LogP contribution in [0.3, 0.4) is 0 Å². The number of carboxylic acid groups (broad SMARTS) is 1. The molecule has 3 unspecified atom stereocenters. The van der Waals surface area contributed by atoms with Gasteiger partial charge in [0.05, 0.1) is 5.37 Å². The third-order valence-corrected chi connectivity index (χ3v) is 5.66. The third kappa shape index (κ3) is 4.21. The second-order valence-electron chi connectivity index (χ2n) is 4.96. The molecule has 19 heavy (non-hydrogen) atoms. The highest BCUT2D eigenvalue weighted by Crippen LogP contribution is 2.34. The van der Waals surface area contributed by atoms with Crippen molar-refractivity contribution in [3.05, 3.63) is 0 Å². The molecule has 2 N–H and O–H groups in total. The molecule has 1 saturated heterocycles. The molecule has 110 valence electrons. The maximum Gasteiger partial charge on any atom is 0.327 e. The van der Waals surface area contributed by atoms with Gasteiger partial charge in [0.25, 0.3) is 0 Å². The van der Waals surface area contributed by atoms with Crippen LogP contribution in [0.25, 0.3) is 0 Å². The number of carboxylic acids is 1. The molecule has 1 fully saturated rings. The van der Waals surface area contributed by atoms with Gasteiger partial charge < -0.3 is 10.4 Å². The van der Waals surface area contributed by atoms with E-state index in [0.717, 1.165) is 0 Å². The van der Waals surface area contributed by atoms with Crippen LogP contribution in [0.4, 0.5) is 4.79 Å². The van der Waals surface area contributed by atoms with E-state index in [1.165, 1.54) is 4.90 Å². The zero-order valence-electron chi connectivity index (χ0n) is 11.8. The fraction of sp³-hybridized carbons (Fsp3) is 0.833. The molecule has 1 rings (SSSR count). The van der Waals surface area contributed by atoms with Crippen LogP contribution >= 0.6 is 23.5 Å². The number of rotatable bonds is 5. The standard InChI is InChI=1S/C12H22N2O3S2/c1-7(2)10-14(9(6-19-10)11(15)16)12(17)13-5-8(3)18-4/h7-10H,5-6H2,1-4H3,(H,13,17)(H,15,16). The predicted molar refractivity (Wildman–Crippen MR) is 80.7 cm³/mol. The summed E-state index contributed by atoms with van der Waals surface area (Å²) in [5.41, 5.74) is 0. The van der Waals surface area contributed by atoms with Crippen molar-refractivity contribution in [1.29, 1.82) is 0 Å². The Morgan fingerprint density at radius 1 is 1.47 bits per heavy atom. The molecular formula is C12H22N2O3S2. The Hall–Kier alpha value is -0.560. The average molecular weight is 306 g/mol. The van der Waals surface area contributed by atoms with Gasteiger partial charge in [-0.15, -0.1) is 11.8 Å². The van der Waals surface area contributed by atoms with E-state index < -0.39 is 12.0 Å². The van der Waals surface area contributed by atoms with E-state index in [1.54, 1.807) is 23.5 Å². The van der Waals surface area contributed by atoms with Crippen LogP contribution in [0, 0.1) is 5.92 Å². The normalized spacial score (nSPS) is 24.6. The predicted octanol–water partition coefficient (Wildman–Crippen LogP) is 1.93. The van der Waals surface area contributed by atoms with Gasteiger partial charge in [0, 0.05) is 17.5 Å². The summed E-state index contributed by atoms with van der Waals surface area (Å²) in [6.07, 6.45) is 1.99. The Kier molecular flexibility index (Phi) is 6.32. The molecule has 1 aliphatic rings. The Labute approximate surface area is 122 Å². The molecule has 0 aromatic rings. The number of nitrogens with one attached hydrogen (secondary N) is 1. The lowest BCUT2D eigenvalue weighted by Crippen LogP contribution is -2.52. The van der Waals surface area contributed by atoms with Gasteiger partial charge in [0.1, 0.15) is 6.04 Å². The Balaban J connectivity index is 2.72. The van der Waals surface area contributed by atoms with Gasteiger partial charge in [-0.2, -0.15) is 11.8 Å². The van der Waals surface area contributed by atoms with E-state index >= 15 is 0 Å². The summed E-state index contributed by atoms with van der Waals surface area (Å²) in [6.45, 7) is 6.59. The van der Waals surface area contributed by atoms with Crippen LogP contribution in [0.15, 0.2) is 0 Å². The lowest BCUT2D eigenvalue weighted by Gasteiger charge is -2.30. The van der Waals surface area contributed by atoms with E-state index in [4.69, 9.17) is 0 Å². The van der Waals surface area contributed by atoms with Crippen LogP contribution in [0.5, 0.6) is 0 Å². The number of nitrogens with zero attached hydrogens (tertiary/aromatic N) is 1. The summed E-state index contributed by atoms with van der Waals surface area (Å²) in [5.74, 6) is -0.231. The van der Waals surface area contributed by atoms with E-state index in [-0.39, 0.29) is 17.3 Å². The molecule has 2 amide bonds. The van der Waals surface area contributed by atoms with Crippen molar-refractivity contribution in [1.82, 2.24) is 10.2 Å². The zero-order valence-corrected chi connectivity index (χ0v) is 13.4. The Morgan fingerprint density at radius 2 is 2.11 bits per heavy atom. The zero-order chi connectivity index (χ0) is 14.6. The molecule has 0 aromatic heterocycles. The first-order valence-corrected chi connectivity index (χ1v) is 8.65. The second-order valence-corrected chi connectivity index (χ2v) is 7.39. The van der Waals surface area contributed by atoms with Gasteiger partial charge >= 0.3 is 12.0 Å². The fourth-order valence-electron chi connectivity index (χ4n) is 1.89. The highest BCUT2D eigenvalue weighted by Gasteiger charge is 2.42. The number of urea groups is 1. The SMILES string of the molecule is CSC(C)CNC(=O)N1C(C(=O)O)CSC1C(C)C. The topological polar surface area (TPSA) is 69.6 Å². The van der Waals surface area contributed by atoms with Gasteiger partial charge in [-0.3, -0.25) is 4.90 Å². The molecular weight excluding hydrogens is 284 g/mol. The number of hydrogen-bond acceptors (Lipinski definition) is 4. The first-order valence-electron chi connectivity index (χ1n) is 6.31. The van der Waals surface area contributed by atoms with Crippen LogP contribution in [-0.4, -0.2) is 57.2 Å². The highest BCUT2D eigenvalue weighted by molar-refractivity contribution is 8.00. The molecule has 0 aliphatic carbocycles. The summed E-state index contributed by atoms with van der Waals surface area (Å²) in [7, 11) is 0. The van der Waals surface area contributed by atoms with Gasteiger partial charge in [-0.1, -0.05) is 20.8 Å². The molecule has 1 aliphatic heterocycles. The average Bonchev–Trinajstić information content (AvgIpc) is 2.80. The number of carbonyl (C=O) groups excluding carboxylic acids is 1. The summed E-state index contributed by atoms with van der Waals surface area (Å²) in [6, 6.07) is -0.987. The molecule has 7 heteroatoms. The number of carbonyl (C=O) groups is 2. The second kappa shape index (κ2) is 7.28. The summed E-state index contributed by atoms with van der Waals surface area (Å²) < 4.78 is 0. The summed E-state index contributed by atoms with van der Waals surface area (Å²) in [5, 5.41) is 12.3. The highest BCUT2D eigenvalue weighted by atomic mass is 32.2. The quantitative estimate of drug-likeness (QED) is 0.812. The van der Waals surface area contributed by atoms with Crippen molar-refractivity contribution in [3.63, 3.8) is 0 Å². The van der Waals surface area contributed by atoms with Gasteiger partial charge in [0.15, 0.2) is 0 Å². The minimum absolute atomic E-state index is 0.0642. The van der Waals surface area contributed by atoms with Crippen LogP contribution < -0.4 is 5.32 Å². The molecule has 0 spiro atoms. The lowest BCUT2D eigenvalue weighted by atomic mass is 10.2. The number of hydrogen-bond donors (Lipinski definition) is 2. The van der Waals surface area contributed by atoms with Crippen molar-refractivity contribution in [2.45, 2.75) is 37.4 Å². The van der Waals surface area contributed by atoms with E-state index in [0.29, 0.717) is 17.5 Å². The van der Waals surface area contributed by atoms with Crippen molar-refractivity contribution in [2.75, 3.05) is 18.6 Å². The number of thioether (sulfide) groups is 2. The van der Waals surface area contributed by atoms with Crippen LogP contribution in [0.1, 0.15) is 20.8 Å². The van der Waals surface area contributed by atoms with Crippen molar-refractivity contribution in [2.24, 2.45) is 5.92 Å². The maximum absolute atomic E-state index is 12.2. The number of amides is 2. The van der Waals surface area contributed by atoms with E-state index in [2.05, 4.69) is 5.32 Å². The monoisotopic (exact) mass is 306 g/mol. The molecule has 0 radical (unpaired) electrons. The Bertz CT molecular complexity index is 339. The van der Waals surface area contributed by atoms with Gasteiger partial charge in [-0.25, -0.2) is 9.59 Å². The minimum Gasteiger partial charge on any atom is -0.480 e. The first-order chi connectivity index (χ1) is 8.88. The van der Waals surface area contributed by atoms with Crippen molar-refractivity contribution >= 4 is 35.5 Å². The van der Waals surface area contributed by atoms with Crippen LogP contribution in [0.2, 0.25) is 0 Å². The molecule has 1 heterocycles. The maximum atomic E-state index is 12.2. The van der Waals surface area contributed by atoms with Crippen molar-refractivity contribution < 1.29 is 14.7 Å². The lowest BCUT2D eigenvalue weighted by molar-refractivity contribution is -0.141. The summed E-state index contributed by atoms with van der Waals surface area (Å²) in [4.78, 5) is 25.0. The molecule has 0 saturated carbocycles. The molecule has 0 aromatic carbocycles. The smallest absolute Gasteiger partial charge is 0.327 e. The minimum atomic E-state index is -0.927. The molecule has 5 nitrogen and oxygen atoms in total. The van der Waals surface area contributed by atoms with Crippen LogP contribution in [-0.2, 0) is 4.79 Å². The third-order valence-electron chi connectivity index (χ3n) is 3.07. The largest absolute Gasteiger partial charge is 0.480 e. The molecule has 3 atom stereocenters. The van der Waals surface area contributed by atoms with Gasteiger partial charge in [0.2, 0.25) is 0 Å². The van der Waals surface area contributed by atoms with Gasteiger partial charge in [-0.05, 0) is 12.2 Å². The first kappa shape index (κ1) is 16.5. The Morgan fingerprint density at radius 3 is 2.58 bits per heavy atom. The fourth-order valence-corrected chi connectivity index (χ4v) is 3.62. The number of aliphatic carboxylic acids is 1. The van der Waals surface area contributed by atoms with E-state index in [9.17, 15) is 14.7 Å².